The van der Waals surface area contributed by atoms with Crippen molar-refractivity contribution in [3.8, 4) is 28.0 Å². The van der Waals surface area contributed by atoms with Crippen LogP contribution in [0.15, 0.2) is 60.7 Å². The van der Waals surface area contributed by atoms with E-state index in [2.05, 4.69) is 0 Å². The summed E-state index contributed by atoms with van der Waals surface area (Å²) in [6, 6.07) is 9.31. The van der Waals surface area contributed by atoms with Gasteiger partial charge in [-0.15, -0.1) is 0 Å². The predicted octanol–water partition coefficient (Wildman–Crippen LogP) is 8.31. The first kappa shape index (κ1) is 22.7. The van der Waals surface area contributed by atoms with Crippen molar-refractivity contribution in [2.24, 2.45) is 0 Å². The van der Waals surface area contributed by atoms with E-state index in [0.29, 0.717) is 18.2 Å². The van der Waals surface area contributed by atoms with Crippen molar-refractivity contribution in [2.75, 3.05) is 7.11 Å². The first-order valence-corrected chi connectivity index (χ1v) is 10.2. The monoisotopic (exact) mass is 486 g/mol. The van der Waals surface area contributed by atoms with Gasteiger partial charge in [0.1, 0.15) is 34.8 Å². The molecule has 0 fully saturated rings. The first-order chi connectivity index (χ1) is 16.7. The van der Waals surface area contributed by atoms with Crippen molar-refractivity contribution < 1.29 is 35.5 Å². The second-order valence-electron chi connectivity index (χ2n) is 7.81. The van der Waals surface area contributed by atoms with Crippen molar-refractivity contribution in [1.82, 2.24) is 0 Å². The lowest BCUT2D eigenvalue weighted by molar-refractivity contribution is 0.407. The summed E-state index contributed by atoms with van der Waals surface area (Å²) in [5.74, 6) is -7.92. The predicted molar refractivity (Wildman–Crippen MR) is 119 cm³/mol. The average molecular weight is 486 g/mol. The molecule has 0 saturated heterocycles. The Bertz CT molecular complexity index is 1640. The molecule has 0 spiro atoms. The zero-order valence-electron chi connectivity index (χ0n) is 17.8. The highest BCUT2D eigenvalue weighted by atomic mass is 19.2. The maximum atomic E-state index is 15.3. The standard InChI is InChI=1S/C27H13F7O/c1-35-13-8-22(33)27(23(34)9-13)25-15-3-2-4-18(29)26(15)24(14-6-5-12(28)7-19(14)30)16-10-20(31)21(32)11-17(16)25/h2-11H,1H3. The number of benzene rings is 5. The maximum Gasteiger partial charge on any atom is 0.159 e. The Morgan fingerprint density at radius 1 is 0.514 bits per heavy atom. The number of ether oxygens (including phenoxy) is 1. The molecule has 0 bridgehead atoms. The Morgan fingerprint density at radius 3 is 1.74 bits per heavy atom. The lowest BCUT2D eigenvalue weighted by Crippen LogP contribution is -2.00. The van der Waals surface area contributed by atoms with E-state index < -0.39 is 46.3 Å². The molecule has 0 atom stereocenters. The van der Waals surface area contributed by atoms with Crippen LogP contribution in [0.3, 0.4) is 0 Å². The van der Waals surface area contributed by atoms with E-state index >= 15 is 13.2 Å². The molecule has 176 valence electrons. The molecule has 35 heavy (non-hydrogen) atoms. The Labute approximate surface area is 194 Å². The van der Waals surface area contributed by atoms with E-state index in [0.717, 1.165) is 30.3 Å². The van der Waals surface area contributed by atoms with Gasteiger partial charge in [0, 0.05) is 40.3 Å². The quantitative estimate of drug-likeness (QED) is 0.184. The molecule has 1 nitrogen and oxygen atoms in total. The Hall–Kier alpha value is -4.07. The van der Waals surface area contributed by atoms with Crippen molar-refractivity contribution in [3.05, 3.63) is 101 Å². The van der Waals surface area contributed by atoms with E-state index in [-0.39, 0.29) is 44.0 Å². The van der Waals surface area contributed by atoms with Crippen LogP contribution < -0.4 is 4.74 Å². The first-order valence-electron chi connectivity index (χ1n) is 10.2. The molecular formula is C27H13F7O. The SMILES string of the molecule is COc1cc(F)c(-c2c3cc(F)c(F)cc3c(-c3ccc(F)cc3F)c3c(F)cccc23)c(F)c1. The van der Waals surface area contributed by atoms with E-state index in [1.165, 1.54) is 19.2 Å². The normalized spacial score (nSPS) is 11.4. The summed E-state index contributed by atoms with van der Waals surface area (Å²) in [7, 11) is 1.21. The van der Waals surface area contributed by atoms with Crippen LogP contribution in [0.2, 0.25) is 0 Å². The molecule has 0 unspecified atom stereocenters. The number of methoxy groups -OCH3 is 1. The van der Waals surface area contributed by atoms with E-state index in [1.807, 2.05) is 0 Å². The highest BCUT2D eigenvalue weighted by Crippen LogP contribution is 2.47. The second kappa shape index (κ2) is 8.30. The zero-order chi connectivity index (χ0) is 25.0. The fourth-order valence-electron chi connectivity index (χ4n) is 4.37. The van der Waals surface area contributed by atoms with Gasteiger partial charge >= 0.3 is 0 Å². The van der Waals surface area contributed by atoms with Crippen molar-refractivity contribution in [3.63, 3.8) is 0 Å². The molecule has 0 saturated carbocycles. The number of hydrogen-bond donors (Lipinski definition) is 0. The van der Waals surface area contributed by atoms with Gasteiger partial charge in [0.15, 0.2) is 11.6 Å². The highest BCUT2D eigenvalue weighted by Gasteiger charge is 2.26. The fourth-order valence-corrected chi connectivity index (χ4v) is 4.37. The molecule has 0 aliphatic rings. The third-order valence-corrected chi connectivity index (χ3v) is 5.83. The van der Waals surface area contributed by atoms with Crippen molar-refractivity contribution >= 4 is 21.5 Å². The molecule has 5 aromatic rings. The third kappa shape index (κ3) is 3.56. The fraction of sp³-hybridized carbons (Fsp3) is 0.0370. The third-order valence-electron chi connectivity index (χ3n) is 5.83. The molecule has 0 aliphatic heterocycles. The molecule has 5 aromatic carbocycles. The van der Waals surface area contributed by atoms with Crippen molar-refractivity contribution in [1.29, 1.82) is 0 Å². The van der Waals surface area contributed by atoms with Gasteiger partial charge < -0.3 is 4.74 Å². The van der Waals surface area contributed by atoms with E-state index in [9.17, 15) is 17.6 Å². The van der Waals surface area contributed by atoms with Crippen LogP contribution in [0.25, 0.3) is 43.8 Å². The lowest BCUT2D eigenvalue weighted by Gasteiger charge is -2.19. The summed E-state index contributed by atoms with van der Waals surface area (Å²) in [5.41, 5.74) is -1.43. The molecule has 8 heteroatoms. The van der Waals surface area contributed by atoms with Crippen LogP contribution in [0, 0.1) is 40.7 Å². The van der Waals surface area contributed by atoms with Gasteiger partial charge in [0.2, 0.25) is 0 Å². The zero-order valence-corrected chi connectivity index (χ0v) is 17.8. The topological polar surface area (TPSA) is 9.23 Å². The van der Waals surface area contributed by atoms with Gasteiger partial charge in [-0.1, -0.05) is 12.1 Å². The molecule has 0 N–H and O–H groups in total. The molecule has 0 heterocycles. The molecule has 0 radical (unpaired) electrons. The van der Waals surface area contributed by atoms with Crippen LogP contribution >= 0.6 is 0 Å². The van der Waals surface area contributed by atoms with Gasteiger partial charge in [0.05, 0.1) is 12.7 Å². The summed E-state index contributed by atoms with van der Waals surface area (Å²) < 4.78 is 108. The summed E-state index contributed by atoms with van der Waals surface area (Å²) in [4.78, 5) is 0. The lowest BCUT2D eigenvalue weighted by atomic mass is 9.85. The van der Waals surface area contributed by atoms with E-state index in [1.54, 1.807) is 0 Å². The van der Waals surface area contributed by atoms with Crippen LogP contribution in [0.5, 0.6) is 5.75 Å². The molecular weight excluding hydrogens is 473 g/mol. The highest BCUT2D eigenvalue weighted by molar-refractivity contribution is 6.21. The Balaban J connectivity index is 2.08. The number of halogens is 7. The van der Waals surface area contributed by atoms with Crippen LogP contribution in [-0.2, 0) is 0 Å². The van der Waals surface area contributed by atoms with Gasteiger partial charge in [-0.25, -0.2) is 30.7 Å². The van der Waals surface area contributed by atoms with Crippen LogP contribution in [-0.4, -0.2) is 7.11 Å². The average Bonchev–Trinajstić information content (AvgIpc) is 2.80. The van der Waals surface area contributed by atoms with Crippen molar-refractivity contribution in [2.45, 2.75) is 0 Å². The second-order valence-corrected chi connectivity index (χ2v) is 7.81. The van der Waals surface area contributed by atoms with Gasteiger partial charge in [-0.2, -0.15) is 0 Å². The summed E-state index contributed by atoms with van der Waals surface area (Å²) >= 11 is 0. The Kier molecular flexibility index (Phi) is 5.39. The van der Waals surface area contributed by atoms with Crippen LogP contribution in [0.4, 0.5) is 30.7 Å². The maximum absolute atomic E-state index is 15.3. The van der Waals surface area contributed by atoms with Gasteiger partial charge in [-0.05, 0) is 46.5 Å². The minimum atomic E-state index is -1.35. The summed E-state index contributed by atoms with van der Waals surface area (Å²) in [6.07, 6.45) is 0. The van der Waals surface area contributed by atoms with E-state index in [4.69, 9.17) is 4.74 Å². The summed E-state index contributed by atoms with van der Waals surface area (Å²) in [5, 5.41) is -0.827. The van der Waals surface area contributed by atoms with Gasteiger partial charge in [-0.3, -0.25) is 0 Å². The molecule has 0 amide bonds. The minimum absolute atomic E-state index is 0.0924. The smallest absolute Gasteiger partial charge is 0.159 e. The van der Waals surface area contributed by atoms with Gasteiger partial charge in [0.25, 0.3) is 0 Å². The molecule has 5 rings (SSSR count). The number of hydrogen-bond acceptors (Lipinski definition) is 1. The Morgan fingerprint density at radius 2 is 1.14 bits per heavy atom. The largest absolute Gasteiger partial charge is 0.497 e. The number of fused-ring (bicyclic) bond motifs is 2. The molecule has 0 aromatic heterocycles. The number of rotatable bonds is 3. The minimum Gasteiger partial charge on any atom is -0.497 e. The van der Waals surface area contributed by atoms with Crippen LogP contribution in [0.1, 0.15) is 0 Å². The summed E-state index contributed by atoms with van der Waals surface area (Å²) in [6.45, 7) is 0. The molecule has 0 aliphatic carbocycles.